The van der Waals surface area contributed by atoms with E-state index in [-0.39, 0.29) is 30.4 Å². The predicted octanol–water partition coefficient (Wildman–Crippen LogP) is 4.45. The molecule has 2 aromatic rings. The fourth-order valence-electron chi connectivity index (χ4n) is 6.21. The number of cyclic esters (lactones) is 1. The van der Waals surface area contributed by atoms with Gasteiger partial charge in [0, 0.05) is 32.3 Å². The van der Waals surface area contributed by atoms with Gasteiger partial charge in [-0.05, 0) is 65.1 Å². The Balaban J connectivity index is 1.61. The smallest absolute Gasteiger partial charge is 0.407 e. The zero-order chi connectivity index (χ0) is 29.2. The highest BCUT2D eigenvalue weighted by molar-refractivity contribution is 5.90. The monoisotopic (exact) mass is 564 g/mol. The van der Waals surface area contributed by atoms with Crippen LogP contribution in [0.25, 0.3) is 16.8 Å². The molecule has 9 nitrogen and oxygen atoms in total. The number of hydrogen-bond donors (Lipinski definition) is 1. The first-order valence-corrected chi connectivity index (χ1v) is 14.3. The topological polar surface area (TPSA) is 103 Å². The van der Waals surface area contributed by atoms with Crippen LogP contribution < -0.4 is 10.1 Å². The van der Waals surface area contributed by atoms with E-state index in [1.165, 1.54) is 0 Å². The normalized spacial score (nSPS) is 28.1. The van der Waals surface area contributed by atoms with Gasteiger partial charge in [0.15, 0.2) is 0 Å². The lowest BCUT2D eigenvalue weighted by atomic mass is 9.87. The van der Waals surface area contributed by atoms with Crippen LogP contribution in [0.2, 0.25) is 0 Å². The second-order valence-electron chi connectivity index (χ2n) is 12.0. The van der Waals surface area contributed by atoms with E-state index in [0.717, 1.165) is 33.9 Å². The Morgan fingerprint density at radius 3 is 2.54 bits per heavy atom. The second kappa shape index (κ2) is 11.8. The first-order valence-electron chi connectivity index (χ1n) is 14.3. The average molecular weight is 565 g/mol. The molecular weight excluding hydrogens is 524 g/mol. The average Bonchev–Trinajstić information content (AvgIpc) is 3.38. The number of carbonyl (C=O) groups is 3. The highest BCUT2D eigenvalue weighted by Crippen LogP contribution is 2.41. The molecule has 220 valence electrons. The van der Waals surface area contributed by atoms with Gasteiger partial charge < -0.3 is 34.0 Å². The lowest BCUT2D eigenvalue weighted by molar-refractivity contribution is -0.139. The summed E-state index contributed by atoms with van der Waals surface area (Å²) < 4.78 is 22.9. The highest BCUT2D eigenvalue weighted by Gasteiger charge is 2.50. The van der Waals surface area contributed by atoms with Crippen molar-refractivity contribution in [2.75, 3.05) is 40.6 Å². The van der Waals surface area contributed by atoms with E-state index in [2.05, 4.69) is 37.4 Å². The van der Waals surface area contributed by atoms with E-state index < -0.39 is 23.8 Å². The molecule has 3 heterocycles. The number of benzene rings is 2. The molecule has 0 saturated carbocycles. The van der Waals surface area contributed by atoms with Gasteiger partial charge in [0.1, 0.15) is 23.7 Å². The number of hydrogen-bond acceptors (Lipinski definition) is 7. The molecule has 41 heavy (non-hydrogen) atoms. The van der Waals surface area contributed by atoms with Crippen LogP contribution in [0.1, 0.15) is 50.7 Å². The number of carbonyl (C=O) groups excluding carboxylic acids is 3. The van der Waals surface area contributed by atoms with Crippen molar-refractivity contribution in [3.8, 4) is 5.75 Å². The molecule has 0 spiro atoms. The Labute approximate surface area is 241 Å². The summed E-state index contributed by atoms with van der Waals surface area (Å²) in [5.41, 5.74) is 0.640. The van der Waals surface area contributed by atoms with Crippen molar-refractivity contribution in [2.45, 2.75) is 57.2 Å². The van der Waals surface area contributed by atoms with Gasteiger partial charge in [0.25, 0.3) is 0 Å². The van der Waals surface area contributed by atoms with Crippen molar-refractivity contribution >= 4 is 35.1 Å². The Morgan fingerprint density at radius 1 is 1.05 bits per heavy atom. The van der Waals surface area contributed by atoms with Crippen molar-refractivity contribution in [3.05, 3.63) is 47.5 Å². The van der Waals surface area contributed by atoms with E-state index in [0.29, 0.717) is 38.9 Å². The number of ether oxygens (including phenoxy) is 4. The Morgan fingerprint density at radius 2 is 1.83 bits per heavy atom. The van der Waals surface area contributed by atoms with Crippen molar-refractivity contribution < 1.29 is 33.3 Å². The van der Waals surface area contributed by atoms with Gasteiger partial charge in [-0.2, -0.15) is 0 Å². The van der Waals surface area contributed by atoms with Gasteiger partial charge in [-0.25, -0.2) is 4.79 Å². The number of alkyl carbamates (subject to hydrolysis) is 1. The van der Waals surface area contributed by atoms with E-state index in [9.17, 15) is 14.4 Å². The Kier molecular flexibility index (Phi) is 8.38. The fourth-order valence-corrected chi connectivity index (χ4v) is 6.21. The third kappa shape index (κ3) is 5.97. The fraction of sp³-hybridized carbons (Fsp3) is 0.531. The van der Waals surface area contributed by atoms with Gasteiger partial charge in [-0.3, -0.25) is 4.79 Å². The number of methoxy groups -OCH3 is 2. The van der Waals surface area contributed by atoms with Crippen LogP contribution in [0.4, 0.5) is 4.79 Å². The first kappa shape index (κ1) is 29.1. The molecule has 0 aliphatic carbocycles. The molecule has 2 saturated heterocycles. The number of nitrogens with one attached hydrogen (secondary N) is 1. The zero-order valence-corrected chi connectivity index (χ0v) is 24.3. The lowest BCUT2D eigenvalue weighted by Gasteiger charge is -2.34. The molecule has 1 N–H and O–H groups in total. The van der Waals surface area contributed by atoms with Crippen LogP contribution in [-0.4, -0.2) is 75.9 Å². The molecule has 9 heteroatoms. The number of nitrogens with zero attached hydrogens (tertiary/aromatic N) is 1. The van der Waals surface area contributed by atoms with Crippen molar-refractivity contribution in [1.29, 1.82) is 0 Å². The van der Waals surface area contributed by atoms with Gasteiger partial charge in [0.2, 0.25) is 5.91 Å². The minimum absolute atomic E-state index is 0.132. The maximum atomic E-state index is 14.1. The maximum absolute atomic E-state index is 14.1. The Hall–Kier alpha value is -3.43. The SMILES string of the molecule is COc1cc2ccc3cc2cc1/C=C\C(C)(C)CCOC(=O)N[C@@H](C1CCOCC1)C(=O)N1C[C@@]3(OC)C[C@H]1C=O. The molecule has 5 rings (SSSR count). The van der Waals surface area contributed by atoms with Crippen LogP contribution >= 0.6 is 0 Å². The number of rotatable bonds is 4. The number of allylic oxidation sites excluding steroid dienone is 1. The highest BCUT2D eigenvalue weighted by atomic mass is 16.5. The third-order valence-corrected chi connectivity index (χ3v) is 8.88. The van der Waals surface area contributed by atoms with Crippen LogP contribution in [0.3, 0.4) is 0 Å². The zero-order valence-electron chi connectivity index (χ0n) is 24.3. The summed E-state index contributed by atoms with van der Waals surface area (Å²) >= 11 is 0. The van der Waals surface area contributed by atoms with Crippen LogP contribution in [0.15, 0.2) is 36.4 Å². The van der Waals surface area contributed by atoms with E-state index in [1.54, 1.807) is 19.1 Å². The van der Waals surface area contributed by atoms with E-state index in [4.69, 9.17) is 18.9 Å². The van der Waals surface area contributed by atoms with Crippen LogP contribution in [0.5, 0.6) is 5.75 Å². The summed E-state index contributed by atoms with van der Waals surface area (Å²) in [6.07, 6.45) is 6.45. The summed E-state index contributed by atoms with van der Waals surface area (Å²) in [5, 5.41) is 4.86. The van der Waals surface area contributed by atoms with E-state index >= 15 is 0 Å². The standard InChI is InChI=1S/C32H40N2O7/c1-31(2)10-7-23-15-24-16-25(6-5-22(24)17-27(23)38-3)32(39-4)18-26(19-35)34(20-32)29(36)28(21-8-12-40-13-9-21)33-30(37)41-14-11-31/h5-7,10,15-17,19,21,26,28H,8-9,11-14,18,20H2,1-4H3,(H,33,37)/b10-7-/t26-,28-,32-/m0/s1. The number of amides is 2. The molecule has 0 unspecified atom stereocenters. The molecule has 3 aliphatic heterocycles. The molecule has 2 fully saturated rings. The lowest BCUT2D eigenvalue weighted by Crippen LogP contribution is -2.55. The number of aldehydes is 1. The van der Waals surface area contributed by atoms with Gasteiger partial charge in [-0.1, -0.05) is 38.1 Å². The summed E-state index contributed by atoms with van der Waals surface area (Å²) in [5.74, 6) is 0.316. The van der Waals surface area contributed by atoms with E-state index in [1.807, 2.05) is 24.3 Å². The maximum Gasteiger partial charge on any atom is 0.407 e. The minimum Gasteiger partial charge on any atom is -0.496 e. The van der Waals surface area contributed by atoms with Crippen LogP contribution in [-0.2, 0) is 29.4 Å². The molecule has 3 atom stereocenters. The van der Waals surface area contributed by atoms with Crippen molar-refractivity contribution in [2.24, 2.45) is 11.3 Å². The second-order valence-corrected chi connectivity index (χ2v) is 12.0. The quantitative estimate of drug-likeness (QED) is 0.547. The predicted molar refractivity (Wildman–Crippen MR) is 155 cm³/mol. The molecular formula is C32H40N2O7. The Bertz CT molecular complexity index is 1330. The molecule has 0 aromatic heterocycles. The molecule has 0 radical (unpaired) electrons. The first-order chi connectivity index (χ1) is 19.7. The van der Waals surface area contributed by atoms with Crippen molar-refractivity contribution in [1.82, 2.24) is 10.2 Å². The summed E-state index contributed by atoms with van der Waals surface area (Å²) in [6, 6.07) is 8.64. The molecule has 2 aromatic carbocycles. The van der Waals surface area contributed by atoms with Crippen LogP contribution in [0, 0.1) is 11.3 Å². The third-order valence-electron chi connectivity index (χ3n) is 8.88. The summed E-state index contributed by atoms with van der Waals surface area (Å²) in [6.45, 7) is 5.55. The summed E-state index contributed by atoms with van der Waals surface area (Å²) in [4.78, 5) is 41.0. The minimum atomic E-state index is -0.889. The molecule has 5 bridgehead atoms. The largest absolute Gasteiger partial charge is 0.496 e. The van der Waals surface area contributed by atoms with Gasteiger partial charge >= 0.3 is 6.09 Å². The van der Waals surface area contributed by atoms with Gasteiger partial charge in [-0.15, -0.1) is 0 Å². The number of fused-ring (bicyclic) bond motifs is 5. The van der Waals surface area contributed by atoms with Crippen molar-refractivity contribution in [3.63, 3.8) is 0 Å². The van der Waals surface area contributed by atoms with Gasteiger partial charge in [0.05, 0.1) is 26.3 Å². The molecule has 3 aliphatic rings. The molecule has 2 amide bonds. The summed E-state index contributed by atoms with van der Waals surface area (Å²) in [7, 11) is 3.27.